The van der Waals surface area contributed by atoms with Crippen LogP contribution in [0, 0.1) is 5.41 Å². The van der Waals surface area contributed by atoms with Gasteiger partial charge in [-0.3, -0.25) is 4.57 Å². The van der Waals surface area contributed by atoms with Crippen LogP contribution in [0.25, 0.3) is 17.4 Å². The highest BCUT2D eigenvalue weighted by atomic mass is 16.3. The van der Waals surface area contributed by atoms with E-state index in [1.165, 1.54) is 0 Å². The third-order valence-corrected chi connectivity index (χ3v) is 3.84. The van der Waals surface area contributed by atoms with Gasteiger partial charge >= 0.3 is 0 Å². The zero-order valence-corrected chi connectivity index (χ0v) is 12.0. The maximum Gasteiger partial charge on any atom is 0.224 e. The molecule has 2 aromatic rings. The highest BCUT2D eigenvalue weighted by molar-refractivity contribution is 5.85. The Morgan fingerprint density at radius 3 is 2.82 bits per heavy atom. The summed E-state index contributed by atoms with van der Waals surface area (Å²) in [6.45, 7) is 4.03. The first-order chi connectivity index (χ1) is 10.6. The fourth-order valence-corrected chi connectivity index (χ4v) is 2.36. The van der Waals surface area contributed by atoms with E-state index in [2.05, 4.69) is 26.8 Å². The third-order valence-electron chi connectivity index (χ3n) is 3.84. The van der Waals surface area contributed by atoms with Crippen molar-refractivity contribution in [1.82, 2.24) is 19.5 Å². The molecule has 2 aromatic heterocycles. The van der Waals surface area contributed by atoms with Gasteiger partial charge in [-0.2, -0.15) is 9.97 Å². The molecule has 0 unspecified atom stereocenters. The van der Waals surface area contributed by atoms with Gasteiger partial charge in [-0.1, -0.05) is 6.08 Å². The molecular weight excluding hydrogens is 284 g/mol. The van der Waals surface area contributed by atoms with Gasteiger partial charge in [0.2, 0.25) is 5.95 Å². The number of nitrogens with one attached hydrogen (secondary N) is 1. The van der Waals surface area contributed by atoms with Crippen LogP contribution in [0.4, 0.5) is 11.8 Å². The summed E-state index contributed by atoms with van der Waals surface area (Å²) in [6.07, 6.45) is 5.81. The van der Waals surface area contributed by atoms with Crippen molar-refractivity contribution in [2.75, 3.05) is 30.8 Å². The molecule has 0 spiro atoms. The average molecular weight is 302 g/mol. The standard InChI is InChI=1S/C14H18N6O2/c1-2-3-16-11-10-12(19-13(15)18-11)20(8-17-10)5-9-4-14(9,6-21)7-22/h2,5,8,21-22H,1,3-4,6-7H2,(H3,15,16,18,19). The lowest BCUT2D eigenvalue weighted by Gasteiger charge is -2.06. The van der Waals surface area contributed by atoms with Gasteiger partial charge in [0.15, 0.2) is 17.0 Å². The summed E-state index contributed by atoms with van der Waals surface area (Å²) < 4.78 is 1.73. The normalized spacial score (nSPS) is 17.8. The van der Waals surface area contributed by atoms with Crippen LogP contribution in [0.1, 0.15) is 6.42 Å². The van der Waals surface area contributed by atoms with Crippen molar-refractivity contribution in [3.8, 4) is 0 Å². The number of nitrogens with zero attached hydrogens (tertiary/aromatic N) is 4. The Morgan fingerprint density at radius 2 is 2.18 bits per heavy atom. The van der Waals surface area contributed by atoms with Crippen LogP contribution in [0.15, 0.2) is 24.6 Å². The number of imidazole rings is 1. The van der Waals surface area contributed by atoms with E-state index in [1.807, 2.05) is 6.20 Å². The molecule has 8 heteroatoms. The number of hydrogen-bond acceptors (Lipinski definition) is 7. The second-order valence-electron chi connectivity index (χ2n) is 5.35. The van der Waals surface area contributed by atoms with Gasteiger partial charge in [0.05, 0.1) is 13.2 Å². The van der Waals surface area contributed by atoms with Crippen LogP contribution in [0.3, 0.4) is 0 Å². The number of anilines is 2. The molecule has 0 saturated heterocycles. The smallest absolute Gasteiger partial charge is 0.224 e. The zero-order valence-electron chi connectivity index (χ0n) is 12.0. The minimum absolute atomic E-state index is 0.0781. The summed E-state index contributed by atoms with van der Waals surface area (Å²) in [5.74, 6) is 0.691. The Balaban J connectivity index is 2.01. The number of aliphatic hydroxyl groups excluding tert-OH is 2. The lowest BCUT2D eigenvalue weighted by atomic mass is 10.1. The van der Waals surface area contributed by atoms with E-state index in [0.717, 1.165) is 5.57 Å². The molecule has 1 fully saturated rings. The molecule has 8 nitrogen and oxygen atoms in total. The van der Waals surface area contributed by atoms with Crippen LogP contribution in [-0.2, 0) is 0 Å². The third kappa shape index (κ3) is 2.32. The van der Waals surface area contributed by atoms with Crippen molar-refractivity contribution in [2.45, 2.75) is 6.42 Å². The summed E-state index contributed by atoms with van der Waals surface area (Å²) in [7, 11) is 0. The van der Waals surface area contributed by atoms with Gasteiger partial charge in [-0.25, -0.2) is 4.98 Å². The highest BCUT2D eigenvalue weighted by Crippen LogP contribution is 2.51. The zero-order chi connectivity index (χ0) is 15.7. The molecule has 22 heavy (non-hydrogen) atoms. The Kier molecular flexibility index (Phi) is 3.55. The first kappa shape index (κ1) is 14.5. The largest absolute Gasteiger partial charge is 0.395 e. The molecule has 1 saturated carbocycles. The average Bonchev–Trinajstić information content (AvgIpc) is 3.09. The van der Waals surface area contributed by atoms with Gasteiger partial charge in [0.1, 0.15) is 6.33 Å². The lowest BCUT2D eigenvalue weighted by Crippen LogP contribution is -2.12. The van der Waals surface area contributed by atoms with Gasteiger partial charge < -0.3 is 21.3 Å². The molecule has 1 aliphatic rings. The van der Waals surface area contributed by atoms with Gasteiger partial charge in [-0.15, -0.1) is 6.58 Å². The first-order valence-electron chi connectivity index (χ1n) is 6.91. The van der Waals surface area contributed by atoms with Crippen LogP contribution in [0.2, 0.25) is 0 Å². The number of nitrogen functional groups attached to an aromatic ring is 1. The predicted octanol–water partition coefficient (Wildman–Crippen LogP) is 0.222. The van der Waals surface area contributed by atoms with Gasteiger partial charge in [0, 0.05) is 18.2 Å². The molecule has 0 aliphatic heterocycles. The second-order valence-corrected chi connectivity index (χ2v) is 5.35. The van der Waals surface area contributed by atoms with Gasteiger partial charge in [0.25, 0.3) is 0 Å². The molecule has 0 bridgehead atoms. The molecule has 3 rings (SSSR count). The fourth-order valence-electron chi connectivity index (χ4n) is 2.36. The summed E-state index contributed by atoms with van der Waals surface area (Å²) in [5, 5.41) is 21.8. The molecule has 116 valence electrons. The lowest BCUT2D eigenvalue weighted by molar-refractivity contribution is 0.143. The van der Waals surface area contributed by atoms with Crippen LogP contribution >= 0.6 is 0 Å². The van der Waals surface area contributed by atoms with E-state index in [1.54, 1.807) is 17.0 Å². The monoisotopic (exact) mass is 302 g/mol. The molecule has 0 atom stereocenters. The molecule has 1 aliphatic carbocycles. The molecule has 0 amide bonds. The maximum atomic E-state index is 9.36. The molecule has 2 heterocycles. The molecular formula is C14H18N6O2. The van der Waals surface area contributed by atoms with E-state index < -0.39 is 5.41 Å². The highest BCUT2D eigenvalue weighted by Gasteiger charge is 2.48. The summed E-state index contributed by atoms with van der Waals surface area (Å²) in [4.78, 5) is 12.7. The Hall–Kier alpha value is -2.45. The number of aromatic nitrogens is 4. The van der Waals surface area contributed by atoms with Crippen LogP contribution in [-0.4, -0.2) is 49.5 Å². The van der Waals surface area contributed by atoms with E-state index in [9.17, 15) is 10.2 Å². The predicted molar refractivity (Wildman–Crippen MR) is 83.9 cm³/mol. The number of nitrogens with two attached hydrogens (primary N) is 1. The number of fused-ring (bicyclic) bond motifs is 1. The van der Waals surface area contributed by atoms with Crippen molar-refractivity contribution in [2.24, 2.45) is 5.41 Å². The molecule has 0 aromatic carbocycles. The number of hydrogen-bond donors (Lipinski definition) is 4. The van der Waals surface area contributed by atoms with Gasteiger partial charge in [-0.05, 0) is 12.0 Å². The Bertz CT molecular complexity index is 747. The minimum atomic E-state index is -0.515. The Labute approximate surface area is 127 Å². The van der Waals surface area contributed by atoms with Crippen molar-refractivity contribution < 1.29 is 10.2 Å². The summed E-state index contributed by atoms with van der Waals surface area (Å²) in [6, 6.07) is 0. The Morgan fingerprint density at radius 1 is 1.41 bits per heavy atom. The molecule has 5 N–H and O–H groups in total. The SMILES string of the molecule is C=CCNc1nc(N)nc2c1ncn2C=C1CC1(CO)CO. The summed E-state index contributed by atoms with van der Waals surface area (Å²) in [5.41, 5.74) is 7.36. The van der Waals surface area contributed by atoms with E-state index in [4.69, 9.17) is 5.73 Å². The van der Waals surface area contributed by atoms with Crippen molar-refractivity contribution in [3.63, 3.8) is 0 Å². The second kappa shape index (κ2) is 5.39. The topological polar surface area (TPSA) is 122 Å². The maximum absolute atomic E-state index is 9.36. The van der Waals surface area contributed by atoms with E-state index in [-0.39, 0.29) is 19.2 Å². The number of aliphatic hydroxyl groups is 2. The molecule has 0 radical (unpaired) electrons. The van der Waals surface area contributed by atoms with E-state index in [0.29, 0.717) is 29.9 Å². The van der Waals surface area contributed by atoms with Crippen LogP contribution < -0.4 is 11.1 Å². The van der Waals surface area contributed by atoms with Crippen LogP contribution in [0.5, 0.6) is 0 Å². The number of rotatable bonds is 6. The van der Waals surface area contributed by atoms with E-state index >= 15 is 0 Å². The fraction of sp³-hybridized carbons (Fsp3) is 0.357. The van der Waals surface area contributed by atoms with Crippen molar-refractivity contribution in [1.29, 1.82) is 0 Å². The minimum Gasteiger partial charge on any atom is -0.395 e. The first-order valence-corrected chi connectivity index (χ1v) is 6.91. The summed E-state index contributed by atoms with van der Waals surface area (Å²) >= 11 is 0. The quantitative estimate of drug-likeness (QED) is 0.563. The van der Waals surface area contributed by atoms with Crippen molar-refractivity contribution in [3.05, 3.63) is 24.6 Å². The van der Waals surface area contributed by atoms with Crippen molar-refractivity contribution >= 4 is 29.1 Å².